The Hall–Kier alpha value is -2.11. The summed E-state index contributed by atoms with van der Waals surface area (Å²) in [5.41, 5.74) is 1.07. The summed E-state index contributed by atoms with van der Waals surface area (Å²) in [6.45, 7) is 4.82. The molecule has 0 saturated carbocycles. The first-order valence-electron chi connectivity index (χ1n) is 6.39. The number of hydrogen-bond acceptors (Lipinski definition) is 4. The van der Waals surface area contributed by atoms with E-state index in [1.54, 1.807) is 12.1 Å². The fourth-order valence-electron chi connectivity index (χ4n) is 2.22. The van der Waals surface area contributed by atoms with Gasteiger partial charge in [-0.1, -0.05) is 6.92 Å². The maximum atomic E-state index is 11.6. The summed E-state index contributed by atoms with van der Waals surface area (Å²) >= 11 is 0. The number of hydrogen-bond donors (Lipinski definition) is 0. The maximum Gasteiger partial charge on any atom is 0.269 e. The Morgan fingerprint density at radius 2 is 1.79 bits per heavy atom. The van der Waals surface area contributed by atoms with Crippen molar-refractivity contribution in [3.63, 3.8) is 0 Å². The van der Waals surface area contributed by atoms with E-state index in [4.69, 9.17) is 0 Å². The third-order valence-electron chi connectivity index (χ3n) is 3.36. The second-order valence-electron chi connectivity index (χ2n) is 4.49. The van der Waals surface area contributed by atoms with Gasteiger partial charge in [-0.15, -0.1) is 0 Å². The molecule has 0 aliphatic carbocycles. The summed E-state index contributed by atoms with van der Waals surface area (Å²) in [5, 5.41) is 10.6. The van der Waals surface area contributed by atoms with Crippen LogP contribution in [0.1, 0.15) is 13.3 Å². The molecule has 1 heterocycles. The molecule has 1 aliphatic rings. The van der Waals surface area contributed by atoms with Gasteiger partial charge in [-0.2, -0.15) is 0 Å². The molecule has 102 valence electrons. The van der Waals surface area contributed by atoms with Crippen molar-refractivity contribution in [1.82, 2.24) is 4.90 Å². The van der Waals surface area contributed by atoms with E-state index in [9.17, 15) is 14.9 Å². The van der Waals surface area contributed by atoms with Gasteiger partial charge in [0.15, 0.2) is 0 Å². The number of benzene rings is 1. The highest BCUT2D eigenvalue weighted by Gasteiger charge is 2.20. The van der Waals surface area contributed by atoms with Crippen LogP contribution in [0.15, 0.2) is 24.3 Å². The van der Waals surface area contributed by atoms with Crippen LogP contribution in [0, 0.1) is 10.1 Å². The SMILES string of the molecule is CCC(=O)N1CCN(c2ccc([N+](=O)[O-])cc2)CC1. The molecule has 2 rings (SSSR count). The summed E-state index contributed by atoms with van der Waals surface area (Å²) in [5.74, 6) is 0.184. The van der Waals surface area contributed by atoms with Crippen LogP contribution in [0.3, 0.4) is 0 Å². The molecular formula is C13H17N3O3. The van der Waals surface area contributed by atoms with Crippen LogP contribution in [-0.2, 0) is 4.79 Å². The van der Waals surface area contributed by atoms with Crippen LogP contribution >= 0.6 is 0 Å². The Morgan fingerprint density at radius 3 is 2.26 bits per heavy atom. The van der Waals surface area contributed by atoms with Crippen molar-refractivity contribution >= 4 is 17.3 Å². The minimum absolute atomic E-state index is 0.101. The van der Waals surface area contributed by atoms with E-state index in [0.717, 1.165) is 18.8 Å². The molecule has 0 bridgehead atoms. The average Bonchev–Trinajstić information content (AvgIpc) is 2.46. The number of nitro benzene ring substituents is 1. The lowest BCUT2D eigenvalue weighted by molar-refractivity contribution is -0.384. The molecule has 0 atom stereocenters. The highest BCUT2D eigenvalue weighted by atomic mass is 16.6. The van der Waals surface area contributed by atoms with Crippen molar-refractivity contribution in [3.8, 4) is 0 Å². The van der Waals surface area contributed by atoms with Gasteiger partial charge in [0.25, 0.3) is 5.69 Å². The standard InChI is InChI=1S/C13H17N3O3/c1-2-13(17)15-9-7-14(8-10-15)11-3-5-12(6-4-11)16(18)19/h3-6H,2,7-10H2,1H3. The number of anilines is 1. The zero-order chi connectivity index (χ0) is 13.8. The van der Waals surface area contributed by atoms with Gasteiger partial charge in [-0.05, 0) is 12.1 Å². The Labute approximate surface area is 111 Å². The molecule has 1 saturated heterocycles. The molecule has 0 radical (unpaired) electrons. The van der Waals surface area contributed by atoms with Gasteiger partial charge in [0.1, 0.15) is 0 Å². The second-order valence-corrected chi connectivity index (χ2v) is 4.49. The summed E-state index contributed by atoms with van der Waals surface area (Å²) in [7, 11) is 0. The molecule has 19 heavy (non-hydrogen) atoms. The quantitative estimate of drug-likeness (QED) is 0.614. The van der Waals surface area contributed by atoms with Crippen molar-refractivity contribution < 1.29 is 9.72 Å². The van der Waals surface area contributed by atoms with Crippen molar-refractivity contribution in [3.05, 3.63) is 34.4 Å². The van der Waals surface area contributed by atoms with Crippen LogP contribution in [0.5, 0.6) is 0 Å². The van der Waals surface area contributed by atoms with Crippen LogP contribution in [0.4, 0.5) is 11.4 Å². The van der Waals surface area contributed by atoms with Crippen LogP contribution in [0.25, 0.3) is 0 Å². The highest BCUT2D eigenvalue weighted by Crippen LogP contribution is 2.20. The van der Waals surface area contributed by atoms with E-state index in [0.29, 0.717) is 19.5 Å². The number of non-ortho nitro benzene ring substituents is 1. The lowest BCUT2D eigenvalue weighted by atomic mass is 10.2. The smallest absolute Gasteiger partial charge is 0.269 e. The number of nitrogens with zero attached hydrogens (tertiary/aromatic N) is 3. The zero-order valence-corrected chi connectivity index (χ0v) is 10.9. The van der Waals surface area contributed by atoms with Gasteiger partial charge in [0.2, 0.25) is 5.91 Å². The summed E-state index contributed by atoms with van der Waals surface area (Å²) in [6.07, 6.45) is 0.539. The first kappa shape index (κ1) is 13.3. The Balaban J connectivity index is 1.97. The zero-order valence-electron chi connectivity index (χ0n) is 10.9. The molecule has 1 aromatic rings. The Bertz CT molecular complexity index is 465. The van der Waals surface area contributed by atoms with E-state index < -0.39 is 4.92 Å². The van der Waals surface area contributed by atoms with Crippen LogP contribution < -0.4 is 4.90 Å². The summed E-state index contributed by atoms with van der Waals surface area (Å²) in [4.78, 5) is 25.8. The number of amides is 1. The van der Waals surface area contributed by atoms with E-state index in [-0.39, 0.29) is 11.6 Å². The first-order valence-corrected chi connectivity index (χ1v) is 6.39. The molecule has 0 aromatic heterocycles. The fourth-order valence-corrected chi connectivity index (χ4v) is 2.22. The first-order chi connectivity index (χ1) is 9.11. The lowest BCUT2D eigenvalue weighted by Crippen LogP contribution is -2.48. The number of carbonyl (C=O) groups excluding carboxylic acids is 1. The Morgan fingerprint density at radius 1 is 1.21 bits per heavy atom. The fraction of sp³-hybridized carbons (Fsp3) is 0.462. The summed E-state index contributed by atoms with van der Waals surface area (Å²) in [6, 6.07) is 6.54. The minimum Gasteiger partial charge on any atom is -0.368 e. The molecular weight excluding hydrogens is 246 g/mol. The monoisotopic (exact) mass is 263 g/mol. The van der Waals surface area contributed by atoms with Crippen LogP contribution in [-0.4, -0.2) is 41.9 Å². The molecule has 1 fully saturated rings. The molecule has 1 aliphatic heterocycles. The Kier molecular flexibility index (Phi) is 3.99. The lowest BCUT2D eigenvalue weighted by Gasteiger charge is -2.36. The van der Waals surface area contributed by atoms with Crippen LogP contribution in [0.2, 0.25) is 0 Å². The number of carbonyl (C=O) groups is 1. The highest BCUT2D eigenvalue weighted by molar-refractivity contribution is 5.76. The molecule has 0 unspecified atom stereocenters. The van der Waals surface area contributed by atoms with Crippen molar-refractivity contribution in [1.29, 1.82) is 0 Å². The minimum atomic E-state index is -0.401. The van der Waals surface area contributed by atoms with E-state index in [1.807, 2.05) is 11.8 Å². The number of rotatable bonds is 3. The number of nitro groups is 1. The van der Waals surface area contributed by atoms with Gasteiger partial charge in [-0.25, -0.2) is 0 Å². The summed E-state index contributed by atoms with van der Waals surface area (Å²) < 4.78 is 0. The molecule has 1 amide bonds. The second kappa shape index (κ2) is 5.69. The largest absolute Gasteiger partial charge is 0.368 e. The topological polar surface area (TPSA) is 66.7 Å². The van der Waals surface area contributed by atoms with Gasteiger partial charge in [0.05, 0.1) is 4.92 Å². The van der Waals surface area contributed by atoms with Gasteiger partial charge >= 0.3 is 0 Å². The van der Waals surface area contributed by atoms with Gasteiger partial charge in [-0.3, -0.25) is 14.9 Å². The average molecular weight is 263 g/mol. The van der Waals surface area contributed by atoms with Crippen molar-refractivity contribution in [2.24, 2.45) is 0 Å². The van der Waals surface area contributed by atoms with Crippen molar-refractivity contribution in [2.45, 2.75) is 13.3 Å². The molecule has 6 heteroatoms. The van der Waals surface area contributed by atoms with E-state index in [1.165, 1.54) is 12.1 Å². The molecule has 0 spiro atoms. The van der Waals surface area contributed by atoms with Crippen molar-refractivity contribution in [2.75, 3.05) is 31.1 Å². The normalized spacial score (nSPS) is 15.4. The molecule has 6 nitrogen and oxygen atoms in total. The van der Waals surface area contributed by atoms with E-state index >= 15 is 0 Å². The van der Waals surface area contributed by atoms with Gasteiger partial charge < -0.3 is 9.80 Å². The maximum absolute atomic E-state index is 11.6. The predicted molar refractivity (Wildman–Crippen MR) is 72.2 cm³/mol. The third-order valence-corrected chi connectivity index (χ3v) is 3.36. The molecule has 0 N–H and O–H groups in total. The number of piperazine rings is 1. The predicted octanol–water partition coefficient (Wildman–Crippen LogP) is 1.65. The third kappa shape index (κ3) is 3.01. The van der Waals surface area contributed by atoms with E-state index in [2.05, 4.69) is 4.90 Å². The van der Waals surface area contributed by atoms with Gasteiger partial charge in [0, 0.05) is 50.4 Å². The molecule has 1 aromatic carbocycles.